The molecule has 0 saturated carbocycles. The minimum atomic E-state index is 0.503. The van der Waals surface area contributed by atoms with Crippen LogP contribution in [0.5, 0.6) is 0 Å². The number of likely N-dealkylation sites (N-methyl/N-ethyl adjacent to an activating group) is 1. The minimum absolute atomic E-state index is 0.503. The molecule has 2 aliphatic heterocycles. The molecular weight excluding hydrogens is 368 g/mol. The standard InChI is InChI=1S/C23H25ClN4/c1-14(16-11-25-15(2)26-12-16)13-28-21-9-17(24)7-8-19(21)23-20-6-4-5-18(27(20)3)10-22(23)28/h7-9,11-12,18,20H,1,4-6,10,13H2,2-3H3. The molecule has 0 aliphatic carbocycles. The van der Waals surface area contributed by atoms with Crippen molar-refractivity contribution in [2.45, 2.75) is 51.2 Å². The molecule has 2 aliphatic rings. The number of aryl methyl sites for hydroxylation is 1. The number of hydrogen-bond acceptors (Lipinski definition) is 3. The van der Waals surface area contributed by atoms with Gasteiger partial charge in [-0.05, 0) is 56.5 Å². The number of aromatic nitrogens is 3. The molecule has 5 heteroatoms. The molecule has 4 heterocycles. The van der Waals surface area contributed by atoms with Crippen molar-refractivity contribution >= 4 is 28.1 Å². The molecule has 2 bridgehead atoms. The lowest BCUT2D eigenvalue weighted by atomic mass is 9.82. The molecule has 2 atom stereocenters. The summed E-state index contributed by atoms with van der Waals surface area (Å²) in [6.07, 6.45) is 8.66. The first-order valence-electron chi connectivity index (χ1n) is 10.0. The molecule has 3 aromatic rings. The van der Waals surface area contributed by atoms with Crippen LogP contribution in [-0.4, -0.2) is 32.5 Å². The quantitative estimate of drug-likeness (QED) is 0.615. The first-order chi connectivity index (χ1) is 13.5. The summed E-state index contributed by atoms with van der Waals surface area (Å²) in [5, 5.41) is 2.12. The van der Waals surface area contributed by atoms with Crippen LogP contribution in [0.3, 0.4) is 0 Å². The third-order valence-electron chi connectivity index (χ3n) is 6.56. The van der Waals surface area contributed by atoms with Gasteiger partial charge in [-0.2, -0.15) is 0 Å². The normalized spacial score (nSPS) is 21.7. The molecule has 0 N–H and O–H groups in total. The van der Waals surface area contributed by atoms with E-state index < -0.39 is 0 Å². The summed E-state index contributed by atoms with van der Waals surface area (Å²) in [5.41, 5.74) is 6.20. The molecule has 1 fully saturated rings. The molecule has 1 aromatic carbocycles. The molecule has 4 nitrogen and oxygen atoms in total. The Hall–Kier alpha value is -2.17. The maximum atomic E-state index is 6.40. The first kappa shape index (κ1) is 17.9. The van der Waals surface area contributed by atoms with Crippen molar-refractivity contribution in [3.05, 3.63) is 64.8 Å². The van der Waals surface area contributed by atoms with Gasteiger partial charge in [0, 0.05) is 59.1 Å². The monoisotopic (exact) mass is 392 g/mol. The highest BCUT2D eigenvalue weighted by molar-refractivity contribution is 6.31. The lowest BCUT2D eigenvalue weighted by Crippen LogP contribution is -2.44. The fraction of sp³-hybridized carbons (Fsp3) is 0.391. The summed E-state index contributed by atoms with van der Waals surface area (Å²) in [4.78, 5) is 11.3. The summed E-state index contributed by atoms with van der Waals surface area (Å²) in [5.74, 6) is 0.781. The second-order valence-corrected chi connectivity index (χ2v) is 8.64. The van der Waals surface area contributed by atoms with Crippen LogP contribution < -0.4 is 0 Å². The van der Waals surface area contributed by atoms with Crippen molar-refractivity contribution in [1.82, 2.24) is 19.4 Å². The Morgan fingerprint density at radius 2 is 2.04 bits per heavy atom. The second-order valence-electron chi connectivity index (χ2n) is 8.20. The Labute approximate surface area is 170 Å². The third-order valence-corrected chi connectivity index (χ3v) is 6.80. The van der Waals surface area contributed by atoms with E-state index in [0.717, 1.165) is 34.9 Å². The Kier molecular flexibility index (Phi) is 4.29. The number of hydrogen-bond donors (Lipinski definition) is 0. The molecule has 0 radical (unpaired) electrons. The smallest absolute Gasteiger partial charge is 0.125 e. The van der Waals surface area contributed by atoms with Crippen LogP contribution in [0.15, 0.2) is 37.2 Å². The molecule has 5 rings (SSSR count). The van der Waals surface area contributed by atoms with Gasteiger partial charge in [-0.3, -0.25) is 4.90 Å². The Morgan fingerprint density at radius 3 is 2.82 bits per heavy atom. The fourth-order valence-corrected chi connectivity index (χ4v) is 5.22. The van der Waals surface area contributed by atoms with Crippen molar-refractivity contribution in [1.29, 1.82) is 0 Å². The van der Waals surface area contributed by atoms with E-state index in [1.165, 1.54) is 41.4 Å². The van der Waals surface area contributed by atoms with Crippen molar-refractivity contribution in [3.63, 3.8) is 0 Å². The topological polar surface area (TPSA) is 34.0 Å². The average molecular weight is 393 g/mol. The summed E-state index contributed by atoms with van der Waals surface area (Å²) in [6, 6.07) is 7.46. The van der Waals surface area contributed by atoms with Crippen LogP contribution in [0, 0.1) is 6.92 Å². The van der Waals surface area contributed by atoms with E-state index in [2.05, 4.69) is 45.2 Å². The Bertz CT molecular complexity index is 1070. The number of benzene rings is 1. The highest BCUT2D eigenvalue weighted by atomic mass is 35.5. The van der Waals surface area contributed by atoms with Crippen molar-refractivity contribution in [2.75, 3.05) is 7.05 Å². The average Bonchev–Trinajstić information content (AvgIpc) is 2.95. The van der Waals surface area contributed by atoms with Gasteiger partial charge in [0.15, 0.2) is 0 Å². The summed E-state index contributed by atoms with van der Waals surface area (Å²) in [7, 11) is 2.29. The second kappa shape index (κ2) is 6.71. The zero-order valence-electron chi connectivity index (χ0n) is 16.5. The van der Waals surface area contributed by atoms with Gasteiger partial charge in [0.25, 0.3) is 0 Å². The number of halogens is 1. The van der Waals surface area contributed by atoms with Gasteiger partial charge in [-0.15, -0.1) is 0 Å². The zero-order chi connectivity index (χ0) is 19.4. The molecule has 0 spiro atoms. The highest BCUT2D eigenvalue weighted by Crippen LogP contribution is 2.46. The van der Waals surface area contributed by atoms with Crippen LogP contribution in [0.25, 0.3) is 16.5 Å². The third kappa shape index (κ3) is 2.78. The summed E-state index contributed by atoms with van der Waals surface area (Å²) >= 11 is 6.40. The van der Waals surface area contributed by atoms with Gasteiger partial charge >= 0.3 is 0 Å². The van der Waals surface area contributed by atoms with E-state index in [1.54, 1.807) is 0 Å². The van der Waals surface area contributed by atoms with Crippen LogP contribution in [0.1, 0.15) is 47.9 Å². The van der Waals surface area contributed by atoms with Crippen molar-refractivity contribution in [3.8, 4) is 0 Å². The zero-order valence-corrected chi connectivity index (χ0v) is 17.2. The lowest BCUT2D eigenvalue weighted by Gasteiger charge is -2.44. The van der Waals surface area contributed by atoms with Gasteiger partial charge in [-0.1, -0.05) is 24.2 Å². The molecule has 2 unspecified atom stereocenters. The highest BCUT2D eigenvalue weighted by Gasteiger charge is 2.38. The van der Waals surface area contributed by atoms with Gasteiger partial charge in [0.1, 0.15) is 5.82 Å². The van der Waals surface area contributed by atoms with E-state index in [-0.39, 0.29) is 0 Å². The van der Waals surface area contributed by atoms with Gasteiger partial charge in [-0.25, -0.2) is 9.97 Å². The van der Waals surface area contributed by atoms with Crippen molar-refractivity contribution in [2.24, 2.45) is 0 Å². The van der Waals surface area contributed by atoms with Crippen LogP contribution in [0.4, 0.5) is 0 Å². The van der Waals surface area contributed by atoms with E-state index in [4.69, 9.17) is 11.6 Å². The minimum Gasteiger partial charge on any atom is -0.340 e. The maximum absolute atomic E-state index is 6.40. The molecular formula is C23H25ClN4. The Morgan fingerprint density at radius 1 is 1.25 bits per heavy atom. The van der Waals surface area contributed by atoms with Gasteiger partial charge in [0.05, 0.1) is 5.52 Å². The molecule has 28 heavy (non-hydrogen) atoms. The maximum Gasteiger partial charge on any atom is 0.125 e. The van der Waals surface area contributed by atoms with E-state index >= 15 is 0 Å². The molecule has 0 amide bonds. The van der Waals surface area contributed by atoms with Crippen LogP contribution >= 0.6 is 11.6 Å². The predicted octanol–water partition coefficient (Wildman–Crippen LogP) is 5.19. The number of rotatable bonds is 3. The van der Waals surface area contributed by atoms with E-state index in [0.29, 0.717) is 12.1 Å². The van der Waals surface area contributed by atoms with Gasteiger partial charge < -0.3 is 4.57 Å². The van der Waals surface area contributed by atoms with Crippen LogP contribution in [0.2, 0.25) is 5.02 Å². The van der Waals surface area contributed by atoms with Crippen molar-refractivity contribution < 1.29 is 0 Å². The largest absolute Gasteiger partial charge is 0.340 e. The predicted molar refractivity (Wildman–Crippen MR) is 115 cm³/mol. The fourth-order valence-electron chi connectivity index (χ4n) is 5.06. The van der Waals surface area contributed by atoms with Gasteiger partial charge in [0.2, 0.25) is 0 Å². The summed E-state index contributed by atoms with van der Waals surface area (Å²) < 4.78 is 2.44. The molecule has 1 saturated heterocycles. The molecule has 144 valence electrons. The number of allylic oxidation sites excluding steroid dienone is 1. The van der Waals surface area contributed by atoms with E-state index in [1.807, 2.05) is 25.4 Å². The number of piperidine rings is 1. The number of nitrogens with zero attached hydrogens (tertiary/aromatic N) is 4. The molecule has 2 aromatic heterocycles. The first-order valence-corrected chi connectivity index (χ1v) is 10.4. The van der Waals surface area contributed by atoms with Crippen LogP contribution in [-0.2, 0) is 13.0 Å². The lowest BCUT2D eigenvalue weighted by molar-refractivity contribution is 0.0990. The Balaban J connectivity index is 1.64. The van der Waals surface area contributed by atoms with E-state index in [9.17, 15) is 0 Å². The number of fused-ring (bicyclic) bond motifs is 6. The summed E-state index contributed by atoms with van der Waals surface area (Å²) in [6.45, 7) is 6.99. The SMILES string of the molecule is C=C(Cn1c2c(c3ccc(Cl)cc31)C1CCCC(C2)N1C)c1cnc(C)nc1.